The second-order valence-corrected chi connectivity index (χ2v) is 9.52. The van der Waals surface area contributed by atoms with Crippen LogP contribution in [0.4, 0.5) is 24.7 Å². The number of hydrogen-bond acceptors (Lipinski definition) is 7. The SMILES string of the molecule is Cc1c(N2CCc3ncc(N4CCO[C@@H](c5ccccc5)C4)cc3C2)nn2c(C(F)(F)F)nnc2c1C. The number of nitrogens with zero attached hydrogens (tertiary/aromatic N) is 7. The maximum absolute atomic E-state index is 13.5. The molecule has 1 atom stereocenters. The van der Waals surface area contributed by atoms with Gasteiger partial charge in [-0.2, -0.15) is 17.7 Å². The number of rotatable bonds is 3. The number of benzene rings is 1. The highest BCUT2D eigenvalue weighted by atomic mass is 19.4. The fraction of sp³-hybridized carbons (Fsp3) is 0.385. The number of hydrogen-bond donors (Lipinski definition) is 0. The van der Waals surface area contributed by atoms with E-state index in [1.54, 1.807) is 6.92 Å². The van der Waals surface area contributed by atoms with Gasteiger partial charge in [-0.3, -0.25) is 4.98 Å². The van der Waals surface area contributed by atoms with Crippen molar-refractivity contribution >= 4 is 17.2 Å². The number of anilines is 2. The molecule has 0 aliphatic carbocycles. The summed E-state index contributed by atoms with van der Waals surface area (Å²) in [5.74, 6) is -0.615. The lowest BCUT2D eigenvalue weighted by atomic mass is 10.0. The number of fused-ring (bicyclic) bond motifs is 2. The number of aromatic nitrogens is 5. The highest BCUT2D eigenvalue weighted by molar-refractivity contribution is 5.60. The molecule has 37 heavy (non-hydrogen) atoms. The van der Waals surface area contributed by atoms with E-state index < -0.39 is 12.0 Å². The lowest BCUT2D eigenvalue weighted by molar-refractivity contribution is -0.146. The average molecular weight is 510 g/mol. The number of morpholine rings is 1. The molecule has 0 spiro atoms. The summed E-state index contributed by atoms with van der Waals surface area (Å²) < 4.78 is 47.4. The molecule has 0 amide bonds. The molecule has 0 N–H and O–H groups in total. The maximum atomic E-state index is 13.5. The smallest absolute Gasteiger partial charge is 0.370 e. The van der Waals surface area contributed by atoms with E-state index in [9.17, 15) is 13.2 Å². The normalized spacial score (nSPS) is 18.4. The van der Waals surface area contributed by atoms with Gasteiger partial charge in [0.2, 0.25) is 0 Å². The van der Waals surface area contributed by atoms with Crippen molar-refractivity contribution < 1.29 is 17.9 Å². The van der Waals surface area contributed by atoms with Crippen molar-refractivity contribution in [1.29, 1.82) is 0 Å². The first-order valence-corrected chi connectivity index (χ1v) is 12.2. The fourth-order valence-electron chi connectivity index (χ4n) is 5.11. The molecule has 5 heterocycles. The lowest BCUT2D eigenvalue weighted by Gasteiger charge is -2.36. The van der Waals surface area contributed by atoms with E-state index in [1.165, 1.54) is 0 Å². The zero-order valence-corrected chi connectivity index (χ0v) is 20.5. The highest BCUT2D eigenvalue weighted by Gasteiger charge is 2.38. The van der Waals surface area contributed by atoms with Gasteiger partial charge >= 0.3 is 6.18 Å². The van der Waals surface area contributed by atoms with Crippen LogP contribution < -0.4 is 9.80 Å². The fourth-order valence-corrected chi connectivity index (χ4v) is 5.11. The minimum atomic E-state index is -4.64. The van der Waals surface area contributed by atoms with Gasteiger partial charge in [0.1, 0.15) is 6.10 Å². The standard InChI is InChI=1S/C26H26F3N7O/c1-16-17(2)24(33-36-23(16)31-32-25(36)26(27,28)29)35-9-8-21-19(14-35)12-20(13-30-21)34-10-11-37-22(15-34)18-6-4-3-5-7-18/h3-7,12-13,22H,8-11,14-15H2,1-2H3/t22-/m1/s1. The Kier molecular flexibility index (Phi) is 5.74. The van der Waals surface area contributed by atoms with Gasteiger partial charge in [-0.15, -0.1) is 15.3 Å². The summed E-state index contributed by atoms with van der Waals surface area (Å²) in [7, 11) is 0. The van der Waals surface area contributed by atoms with Crippen LogP contribution in [0.1, 0.15) is 39.9 Å². The van der Waals surface area contributed by atoms with E-state index in [2.05, 4.69) is 38.4 Å². The molecule has 0 bridgehead atoms. The monoisotopic (exact) mass is 509 g/mol. The predicted octanol–water partition coefficient (Wildman–Crippen LogP) is 4.30. The van der Waals surface area contributed by atoms with E-state index in [-0.39, 0.29) is 11.8 Å². The van der Waals surface area contributed by atoms with Gasteiger partial charge in [0, 0.05) is 49.4 Å². The van der Waals surface area contributed by atoms with Gasteiger partial charge in [0.15, 0.2) is 11.5 Å². The van der Waals surface area contributed by atoms with Crippen molar-refractivity contribution in [2.24, 2.45) is 0 Å². The number of aryl methyl sites for hydroxylation is 1. The third-order valence-electron chi connectivity index (χ3n) is 7.25. The highest BCUT2D eigenvalue weighted by Crippen LogP contribution is 2.33. The number of halogens is 3. The van der Waals surface area contributed by atoms with Crippen LogP contribution in [0.3, 0.4) is 0 Å². The van der Waals surface area contributed by atoms with Gasteiger partial charge in [0.05, 0.1) is 18.5 Å². The molecule has 8 nitrogen and oxygen atoms in total. The first-order chi connectivity index (χ1) is 17.8. The summed E-state index contributed by atoms with van der Waals surface area (Å²) >= 11 is 0. The summed E-state index contributed by atoms with van der Waals surface area (Å²) in [5.41, 5.74) is 5.75. The van der Waals surface area contributed by atoms with Crippen molar-refractivity contribution in [2.75, 3.05) is 36.0 Å². The summed E-state index contributed by atoms with van der Waals surface area (Å²) in [6.45, 7) is 6.83. The van der Waals surface area contributed by atoms with Crippen LogP contribution in [0.2, 0.25) is 0 Å². The molecular formula is C26H26F3N7O. The molecule has 1 fully saturated rings. The first-order valence-electron chi connectivity index (χ1n) is 12.2. The topological polar surface area (TPSA) is 71.7 Å². The summed E-state index contributed by atoms with van der Waals surface area (Å²) in [6.07, 6.45) is -2.07. The molecule has 0 unspecified atom stereocenters. The summed E-state index contributed by atoms with van der Waals surface area (Å²) in [5, 5.41) is 11.5. The van der Waals surface area contributed by atoms with E-state index in [1.807, 2.05) is 36.2 Å². The first kappa shape index (κ1) is 23.7. The Bertz CT molecular complexity index is 1450. The lowest BCUT2D eigenvalue weighted by Crippen LogP contribution is -2.39. The Morgan fingerprint density at radius 1 is 1.00 bits per heavy atom. The molecule has 1 saturated heterocycles. The second-order valence-electron chi connectivity index (χ2n) is 9.52. The van der Waals surface area contributed by atoms with Gasteiger partial charge in [-0.25, -0.2) is 0 Å². The molecule has 0 radical (unpaired) electrons. The molecular weight excluding hydrogens is 483 g/mol. The van der Waals surface area contributed by atoms with Crippen LogP contribution in [-0.4, -0.2) is 51.0 Å². The predicted molar refractivity (Wildman–Crippen MR) is 132 cm³/mol. The van der Waals surface area contributed by atoms with Crippen molar-refractivity contribution in [2.45, 2.75) is 39.1 Å². The largest absolute Gasteiger partial charge is 0.453 e. The third kappa shape index (κ3) is 4.26. The number of pyridine rings is 1. The van der Waals surface area contributed by atoms with Crippen molar-refractivity contribution in [1.82, 2.24) is 24.8 Å². The Balaban J connectivity index is 1.29. The van der Waals surface area contributed by atoms with E-state index in [0.717, 1.165) is 45.7 Å². The number of alkyl halides is 3. The van der Waals surface area contributed by atoms with E-state index >= 15 is 0 Å². The Labute approximate surface area is 211 Å². The van der Waals surface area contributed by atoms with E-state index in [0.29, 0.717) is 37.5 Å². The molecule has 4 aromatic rings. The average Bonchev–Trinajstić information content (AvgIpc) is 3.36. The van der Waals surface area contributed by atoms with Crippen LogP contribution in [0.25, 0.3) is 5.65 Å². The van der Waals surface area contributed by atoms with Crippen LogP contribution in [0.5, 0.6) is 0 Å². The third-order valence-corrected chi connectivity index (χ3v) is 7.25. The molecule has 2 aliphatic rings. The molecule has 6 rings (SSSR count). The molecule has 2 aliphatic heterocycles. The van der Waals surface area contributed by atoms with Crippen molar-refractivity contribution in [3.05, 3.63) is 76.4 Å². The number of ether oxygens (including phenoxy) is 1. The molecule has 11 heteroatoms. The van der Waals surface area contributed by atoms with Crippen LogP contribution in [0, 0.1) is 13.8 Å². The Hall–Kier alpha value is -3.73. The Morgan fingerprint density at radius 2 is 1.81 bits per heavy atom. The molecule has 1 aromatic carbocycles. The molecule has 0 saturated carbocycles. The van der Waals surface area contributed by atoms with Gasteiger partial charge < -0.3 is 14.5 Å². The van der Waals surface area contributed by atoms with Crippen molar-refractivity contribution in [3.8, 4) is 0 Å². The zero-order valence-electron chi connectivity index (χ0n) is 20.5. The van der Waals surface area contributed by atoms with Crippen LogP contribution in [-0.2, 0) is 23.9 Å². The maximum Gasteiger partial charge on any atom is 0.453 e. The zero-order chi connectivity index (χ0) is 25.7. The van der Waals surface area contributed by atoms with Crippen molar-refractivity contribution in [3.63, 3.8) is 0 Å². The minimum absolute atomic E-state index is 0.0179. The quantitative estimate of drug-likeness (QED) is 0.408. The summed E-state index contributed by atoms with van der Waals surface area (Å²) in [6, 6.07) is 12.3. The molecule has 192 valence electrons. The van der Waals surface area contributed by atoms with Crippen LogP contribution in [0.15, 0.2) is 42.6 Å². The van der Waals surface area contributed by atoms with Crippen LogP contribution >= 0.6 is 0 Å². The molecule has 3 aromatic heterocycles. The Morgan fingerprint density at radius 3 is 2.59 bits per heavy atom. The van der Waals surface area contributed by atoms with Gasteiger partial charge in [-0.05, 0) is 31.0 Å². The minimum Gasteiger partial charge on any atom is -0.370 e. The second kappa shape index (κ2) is 8.98. The van der Waals surface area contributed by atoms with E-state index in [4.69, 9.17) is 9.72 Å². The summed E-state index contributed by atoms with van der Waals surface area (Å²) in [4.78, 5) is 9.04. The van der Waals surface area contributed by atoms with Gasteiger partial charge in [-0.1, -0.05) is 30.3 Å². The van der Waals surface area contributed by atoms with Gasteiger partial charge in [0.25, 0.3) is 5.82 Å².